The molecule has 1 aromatic carbocycles. The maximum atomic E-state index is 13.4. The summed E-state index contributed by atoms with van der Waals surface area (Å²) in [4.78, 5) is 43.1. The van der Waals surface area contributed by atoms with E-state index in [4.69, 9.17) is 9.72 Å². The number of nitrogens with zero attached hydrogens (tertiary/aromatic N) is 7. The minimum Gasteiger partial charge on any atom is -0.495 e. The molecule has 3 saturated carbocycles. The number of aromatic nitrogens is 2. The van der Waals surface area contributed by atoms with Gasteiger partial charge in [0.05, 0.1) is 19.0 Å². The number of methoxy groups -OCH3 is 1. The SMILES string of the molecule is CCC1C(=O)N(C)c2cnc(Nc3ccc(C(=O)N[C@H]4CC[C@H](N5CCN(CC6CC6)CC5)CC4)cc3OC)nc2N1N(C)CC1CC1. The van der Waals surface area contributed by atoms with Gasteiger partial charge in [0.2, 0.25) is 5.95 Å². The van der Waals surface area contributed by atoms with Crippen LogP contribution in [0.15, 0.2) is 24.4 Å². The Labute approximate surface area is 285 Å². The third-order valence-corrected chi connectivity index (χ3v) is 11.1. The van der Waals surface area contributed by atoms with E-state index in [0.717, 1.165) is 38.1 Å². The van der Waals surface area contributed by atoms with Crippen molar-refractivity contribution in [3.05, 3.63) is 30.0 Å². The number of likely N-dealkylation sites (N-methyl/N-ethyl adjacent to an activating group) is 1. The molecular weight excluding hydrogens is 606 g/mol. The van der Waals surface area contributed by atoms with Crippen molar-refractivity contribution >= 4 is 35.0 Å². The zero-order valence-corrected chi connectivity index (χ0v) is 29.2. The molecule has 2 N–H and O–H groups in total. The fourth-order valence-electron chi connectivity index (χ4n) is 7.82. The number of anilines is 4. The first-order chi connectivity index (χ1) is 23.3. The van der Waals surface area contributed by atoms with Crippen LogP contribution in [0.4, 0.5) is 23.1 Å². The summed E-state index contributed by atoms with van der Waals surface area (Å²) < 4.78 is 5.72. The summed E-state index contributed by atoms with van der Waals surface area (Å²) >= 11 is 0. The van der Waals surface area contributed by atoms with Crippen LogP contribution in [-0.4, -0.2) is 115 Å². The molecule has 3 heterocycles. The summed E-state index contributed by atoms with van der Waals surface area (Å²) in [6.07, 6.45) is 12.0. The van der Waals surface area contributed by atoms with E-state index in [-0.39, 0.29) is 23.9 Å². The molecule has 3 aliphatic carbocycles. The van der Waals surface area contributed by atoms with Crippen LogP contribution in [0, 0.1) is 11.8 Å². The first-order valence-electron chi connectivity index (χ1n) is 18.2. The minimum atomic E-state index is -0.330. The van der Waals surface area contributed by atoms with Crippen LogP contribution in [-0.2, 0) is 4.79 Å². The first-order valence-corrected chi connectivity index (χ1v) is 18.2. The molecule has 1 unspecified atom stereocenters. The highest BCUT2D eigenvalue weighted by Gasteiger charge is 2.40. The Balaban J connectivity index is 0.972. The molecular formula is C36H53N9O3. The Bertz CT molecular complexity index is 1460. The number of piperazine rings is 1. The Kier molecular flexibility index (Phi) is 9.75. The molecule has 0 spiro atoms. The quantitative estimate of drug-likeness (QED) is 0.346. The molecule has 260 valence electrons. The van der Waals surface area contributed by atoms with Gasteiger partial charge in [-0.2, -0.15) is 4.98 Å². The molecule has 2 aromatic rings. The monoisotopic (exact) mass is 659 g/mol. The van der Waals surface area contributed by atoms with Gasteiger partial charge >= 0.3 is 0 Å². The van der Waals surface area contributed by atoms with Crippen molar-refractivity contribution in [2.24, 2.45) is 11.8 Å². The number of hydrogen-bond donors (Lipinski definition) is 2. The van der Waals surface area contributed by atoms with Crippen LogP contribution in [0.3, 0.4) is 0 Å². The lowest BCUT2D eigenvalue weighted by Crippen LogP contribution is -2.58. The standard InChI is InChI=1S/C36H53N9O3/c1-5-30-35(47)42(3)31-21-37-36(40-33(31)45(30)41(2)22-24-6-7-24)39-29-15-10-26(20-32(29)48-4)34(46)38-27-11-13-28(14-12-27)44-18-16-43(17-19-44)23-25-8-9-25/h10,15,20-21,24-25,27-28,30H,5-9,11-14,16-19,22-23H2,1-4H3,(H,38,46)(H,37,39,40)/t27-,28-,30?. The summed E-state index contributed by atoms with van der Waals surface area (Å²) in [7, 11) is 5.42. The Morgan fingerprint density at radius 2 is 1.75 bits per heavy atom. The van der Waals surface area contributed by atoms with E-state index in [0.29, 0.717) is 52.8 Å². The number of fused-ring (bicyclic) bond motifs is 1. The van der Waals surface area contributed by atoms with Crippen LogP contribution in [0.1, 0.15) is 75.1 Å². The molecule has 4 fully saturated rings. The number of carbonyl (C=O) groups excluding carboxylic acids is 2. The lowest BCUT2D eigenvalue weighted by Gasteiger charge is -2.44. The van der Waals surface area contributed by atoms with Gasteiger partial charge in [-0.05, 0) is 87.8 Å². The Morgan fingerprint density at radius 1 is 1.02 bits per heavy atom. The summed E-state index contributed by atoms with van der Waals surface area (Å²) in [5.74, 6) is 3.22. The van der Waals surface area contributed by atoms with Crippen LogP contribution >= 0.6 is 0 Å². The molecule has 2 aliphatic heterocycles. The number of hydrogen-bond acceptors (Lipinski definition) is 10. The van der Waals surface area contributed by atoms with Gasteiger partial charge in [-0.3, -0.25) is 19.5 Å². The highest BCUT2D eigenvalue weighted by Crippen LogP contribution is 2.39. The first kappa shape index (κ1) is 33.0. The number of hydrazine groups is 1. The number of benzene rings is 1. The lowest BCUT2D eigenvalue weighted by molar-refractivity contribution is -0.120. The maximum Gasteiger partial charge on any atom is 0.251 e. The van der Waals surface area contributed by atoms with Crippen molar-refractivity contribution in [1.29, 1.82) is 0 Å². The normalized spacial score (nSPS) is 25.3. The van der Waals surface area contributed by atoms with E-state index in [2.05, 4.69) is 30.4 Å². The van der Waals surface area contributed by atoms with Crippen molar-refractivity contribution < 1.29 is 14.3 Å². The van der Waals surface area contributed by atoms with Gasteiger partial charge in [-0.15, -0.1) is 0 Å². The third kappa shape index (κ3) is 7.25. The summed E-state index contributed by atoms with van der Waals surface area (Å²) in [5.41, 5.74) is 1.91. The molecule has 0 radical (unpaired) electrons. The number of ether oxygens (including phenoxy) is 1. The van der Waals surface area contributed by atoms with E-state index in [1.165, 1.54) is 58.4 Å². The van der Waals surface area contributed by atoms with Gasteiger partial charge < -0.3 is 25.2 Å². The van der Waals surface area contributed by atoms with Crippen LogP contribution in [0.5, 0.6) is 5.75 Å². The fourth-order valence-corrected chi connectivity index (χ4v) is 7.82. The molecule has 1 saturated heterocycles. The second-order valence-corrected chi connectivity index (χ2v) is 14.7. The number of nitrogens with one attached hydrogen (secondary N) is 2. The smallest absolute Gasteiger partial charge is 0.251 e. The van der Waals surface area contributed by atoms with Crippen LogP contribution in [0.25, 0.3) is 0 Å². The highest BCUT2D eigenvalue weighted by molar-refractivity contribution is 6.04. The van der Waals surface area contributed by atoms with Crippen LogP contribution in [0.2, 0.25) is 0 Å². The van der Waals surface area contributed by atoms with Crippen molar-refractivity contribution in [2.45, 2.75) is 82.8 Å². The fraction of sp³-hybridized carbons (Fsp3) is 0.667. The second kappa shape index (κ2) is 14.2. The molecule has 48 heavy (non-hydrogen) atoms. The highest BCUT2D eigenvalue weighted by atomic mass is 16.5. The van der Waals surface area contributed by atoms with E-state index in [9.17, 15) is 9.59 Å². The summed E-state index contributed by atoms with van der Waals surface area (Å²) in [5, 5.41) is 10.8. The minimum absolute atomic E-state index is 0.0398. The molecule has 12 heteroatoms. The lowest BCUT2D eigenvalue weighted by atomic mass is 9.89. The molecule has 2 amide bonds. The number of amides is 2. The molecule has 1 aromatic heterocycles. The van der Waals surface area contributed by atoms with Gasteiger partial charge in [-0.25, -0.2) is 9.99 Å². The summed E-state index contributed by atoms with van der Waals surface area (Å²) in [6, 6.07) is 5.94. The third-order valence-electron chi connectivity index (χ3n) is 11.1. The van der Waals surface area contributed by atoms with Crippen molar-refractivity contribution in [3.63, 3.8) is 0 Å². The Hall–Kier alpha value is -3.48. The molecule has 1 atom stereocenters. The van der Waals surface area contributed by atoms with Gasteiger partial charge in [0.1, 0.15) is 17.5 Å². The van der Waals surface area contributed by atoms with Gasteiger partial charge in [0, 0.05) is 71.0 Å². The Morgan fingerprint density at radius 3 is 2.42 bits per heavy atom. The van der Waals surface area contributed by atoms with Crippen molar-refractivity contribution in [1.82, 2.24) is 30.1 Å². The zero-order chi connectivity index (χ0) is 33.4. The molecule has 12 nitrogen and oxygen atoms in total. The van der Waals surface area contributed by atoms with Gasteiger partial charge in [0.15, 0.2) is 5.82 Å². The molecule has 5 aliphatic rings. The van der Waals surface area contributed by atoms with Crippen molar-refractivity contribution in [2.75, 3.05) is 75.7 Å². The average molecular weight is 660 g/mol. The van der Waals surface area contributed by atoms with Gasteiger partial charge in [0.25, 0.3) is 11.8 Å². The number of rotatable bonds is 12. The zero-order valence-electron chi connectivity index (χ0n) is 29.2. The van der Waals surface area contributed by atoms with E-state index >= 15 is 0 Å². The maximum absolute atomic E-state index is 13.4. The average Bonchev–Trinajstić information content (AvgIpc) is 4.05. The van der Waals surface area contributed by atoms with Gasteiger partial charge in [-0.1, -0.05) is 6.92 Å². The van der Waals surface area contributed by atoms with E-state index < -0.39 is 0 Å². The largest absolute Gasteiger partial charge is 0.495 e. The molecule has 7 rings (SSSR count). The topological polar surface area (TPSA) is 109 Å². The predicted molar refractivity (Wildman–Crippen MR) is 188 cm³/mol. The van der Waals surface area contributed by atoms with E-state index in [1.807, 2.05) is 31.1 Å². The van der Waals surface area contributed by atoms with E-state index in [1.54, 1.807) is 31.3 Å². The van der Waals surface area contributed by atoms with Crippen LogP contribution < -0.4 is 25.3 Å². The molecule has 0 bridgehead atoms. The second-order valence-electron chi connectivity index (χ2n) is 14.7. The number of carbonyl (C=O) groups is 2. The summed E-state index contributed by atoms with van der Waals surface area (Å²) in [6.45, 7) is 8.97. The van der Waals surface area contributed by atoms with Crippen molar-refractivity contribution in [3.8, 4) is 5.75 Å². The predicted octanol–water partition coefficient (Wildman–Crippen LogP) is 4.12.